The van der Waals surface area contributed by atoms with Crippen LogP contribution < -0.4 is 10.6 Å². The normalized spacial score (nSPS) is 22.2. The lowest BCUT2D eigenvalue weighted by Crippen LogP contribution is -2.35. The maximum absolute atomic E-state index is 10.9. The van der Waals surface area contributed by atoms with E-state index >= 15 is 0 Å². The number of ether oxygens (including phenoxy) is 1. The highest BCUT2D eigenvalue weighted by Gasteiger charge is 2.30. The SMILES string of the molecule is CCNc1cc([N+](=O)[O-])cc(NC2(C)CCOC2)n1. The van der Waals surface area contributed by atoms with Crippen molar-refractivity contribution in [2.24, 2.45) is 0 Å². The van der Waals surface area contributed by atoms with Crippen LogP contribution in [-0.2, 0) is 4.74 Å². The average molecular weight is 266 g/mol. The maximum Gasteiger partial charge on any atom is 0.276 e. The van der Waals surface area contributed by atoms with Crippen LogP contribution in [0.5, 0.6) is 0 Å². The molecule has 0 bridgehead atoms. The molecule has 2 N–H and O–H groups in total. The van der Waals surface area contributed by atoms with Crippen LogP contribution in [0.3, 0.4) is 0 Å². The minimum absolute atomic E-state index is 0.0240. The van der Waals surface area contributed by atoms with E-state index in [1.165, 1.54) is 12.1 Å². The van der Waals surface area contributed by atoms with Crippen molar-refractivity contribution >= 4 is 17.3 Å². The Morgan fingerprint density at radius 3 is 2.84 bits per heavy atom. The zero-order chi connectivity index (χ0) is 13.9. The number of nitrogens with one attached hydrogen (secondary N) is 2. The maximum atomic E-state index is 10.9. The molecule has 1 aliphatic heterocycles. The summed E-state index contributed by atoms with van der Waals surface area (Å²) in [4.78, 5) is 14.8. The Morgan fingerprint density at radius 1 is 1.53 bits per heavy atom. The van der Waals surface area contributed by atoms with Crippen molar-refractivity contribution in [1.29, 1.82) is 0 Å². The van der Waals surface area contributed by atoms with Gasteiger partial charge in [-0.05, 0) is 20.3 Å². The topological polar surface area (TPSA) is 89.3 Å². The van der Waals surface area contributed by atoms with Gasteiger partial charge in [0.15, 0.2) is 0 Å². The summed E-state index contributed by atoms with van der Waals surface area (Å²) in [5.41, 5.74) is -0.193. The van der Waals surface area contributed by atoms with Gasteiger partial charge in [-0.2, -0.15) is 0 Å². The molecule has 0 radical (unpaired) electrons. The molecule has 0 amide bonds. The summed E-state index contributed by atoms with van der Waals surface area (Å²) in [6.07, 6.45) is 0.855. The number of aromatic nitrogens is 1. The number of rotatable bonds is 5. The summed E-state index contributed by atoms with van der Waals surface area (Å²) >= 11 is 0. The molecule has 1 aliphatic rings. The lowest BCUT2D eigenvalue weighted by Gasteiger charge is -2.24. The fraction of sp³-hybridized carbons (Fsp3) is 0.583. The summed E-state index contributed by atoms with van der Waals surface area (Å²) in [5.74, 6) is 1.000. The van der Waals surface area contributed by atoms with Crippen LogP contribution in [0.15, 0.2) is 12.1 Å². The molecule has 1 aromatic heterocycles. The Morgan fingerprint density at radius 2 is 2.26 bits per heavy atom. The van der Waals surface area contributed by atoms with E-state index < -0.39 is 4.92 Å². The monoisotopic (exact) mass is 266 g/mol. The molecule has 1 unspecified atom stereocenters. The van der Waals surface area contributed by atoms with Crippen molar-refractivity contribution in [3.05, 3.63) is 22.2 Å². The van der Waals surface area contributed by atoms with Gasteiger partial charge in [0.05, 0.1) is 29.2 Å². The third-order valence-corrected chi connectivity index (χ3v) is 3.03. The van der Waals surface area contributed by atoms with Crippen LogP contribution in [0.1, 0.15) is 20.3 Å². The minimum atomic E-state index is -0.415. The molecule has 1 atom stereocenters. The van der Waals surface area contributed by atoms with E-state index in [9.17, 15) is 10.1 Å². The molecular weight excluding hydrogens is 248 g/mol. The van der Waals surface area contributed by atoms with Gasteiger partial charge in [-0.25, -0.2) is 4.98 Å². The van der Waals surface area contributed by atoms with Crippen LogP contribution in [-0.4, -0.2) is 35.2 Å². The molecule has 0 saturated carbocycles. The molecule has 2 rings (SSSR count). The predicted octanol–water partition coefficient (Wildman–Crippen LogP) is 2.01. The molecule has 2 heterocycles. The van der Waals surface area contributed by atoms with Crippen LogP contribution in [0.2, 0.25) is 0 Å². The lowest BCUT2D eigenvalue weighted by atomic mass is 10.0. The van der Waals surface area contributed by atoms with Crippen molar-refractivity contribution in [3.8, 4) is 0 Å². The highest BCUT2D eigenvalue weighted by molar-refractivity contribution is 5.55. The van der Waals surface area contributed by atoms with Gasteiger partial charge in [-0.1, -0.05) is 0 Å². The molecule has 19 heavy (non-hydrogen) atoms. The van der Waals surface area contributed by atoms with Crippen molar-refractivity contribution < 1.29 is 9.66 Å². The zero-order valence-corrected chi connectivity index (χ0v) is 11.1. The van der Waals surface area contributed by atoms with Crippen molar-refractivity contribution in [1.82, 2.24) is 4.98 Å². The van der Waals surface area contributed by atoms with Gasteiger partial charge in [0.1, 0.15) is 11.6 Å². The summed E-state index contributed by atoms with van der Waals surface area (Å²) in [6.45, 7) is 5.87. The van der Waals surface area contributed by atoms with Crippen LogP contribution in [0.4, 0.5) is 17.3 Å². The van der Waals surface area contributed by atoms with Crippen LogP contribution >= 0.6 is 0 Å². The van der Waals surface area contributed by atoms with Crippen LogP contribution in [0, 0.1) is 10.1 Å². The van der Waals surface area contributed by atoms with Gasteiger partial charge in [-0.15, -0.1) is 0 Å². The first-order chi connectivity index (χ1) is 9.02. The summed E-state index contributed by atoms with van der Waals surface area (Å²) in [6, 6.07) is 2.88. The largest absolute Gasteiger partial charge is 0.379 e. The highest BCUT2D eigenvalue weighted by atomic mass is 16.6. The van der Waals surface area contributed by atoms with E-state index in [2.05, 4.69) is 15.6 Å². The third kappa shape index (κ3) is 3.31. The number of nitrogens with zero attached hydrogens (tertiary/aromatic N) is 2. The fourth-order valence-electron chi connectivity index (χ4n) is 2.03. The molecule has 0 aliphatic carbocycles. The molecule has 1 aromatic rings. The van der Waals surface area contributed by atoms with E-state index in [1.54, 1.807) is 0 Å². The first-order valence-corrected chi connectivity index (χ1v) is 6.29. The Hall–Kier alpha value is -1.89. The third-order valence-electron chi connectivity index (χ3n) is 3.03. The van der Waals surface area contributed by atoms with Gasteiger partial charge < -0.3 is 15.4 Å². The van der Waals surface area contributed by atoms with Gasteiger partial charge in [-0.3, -0.25) is 10.1 Å². The van der Waals surface area contributed by atoms with E-state index in [4.69, 9.17) is 4.74 Å². The predicted molar refractivity (Wildman–Crippen MR) is 72.5 cm³/mol. The van der Waals surface area contributed by atoms with Gasteiger partial charge in [0.25, 0.3) is 5.69 Å². The second-order valence-electron chi connectivity index (χ2n) is 4.87. The molecule has 1 saturated heterocycles. The molecule has 104 valence electrons. The van der Waals surface area contributed by atoms with Gasteiger partial charge in [0.2, 0.25) is 0 Å². The Kier molecular flexibility index (Phi) is 3.84. The van der Waals surface area contributed by atoms with Crippen LogP contribution in [0.25, 0.3) is 0 Å². The smallest absolute Gasteiger partial charge is 0.276 e. The van der Waals surface area contributed by atoms with E-state index in [0.29, 0.717) is 31.4 Å². The highest BCUT2D eigenvalue weighted by Crippen LogP contribution is 2.26. The number of nitro groups is 1. The molecule has 7 heteroatoms. The number of hydrogen-bond donors (Lipinski definition) is 2. The van der Waals surface area contributed by atoms with Gasteiger partial charge >= 0.3 is 0 Å². The first kappa shape index (κ1) is 13.5. The standard InChI is InChI=1S/C12H18N4O3/c1-3-13-10-6-9(16(17)18)7-11(14-10)15-12(2)4-5-19-8-12/h6-7H,3-5,8H2,1-2H3,(H2,13,14,15). The van der Waals surface area contributed by atoms with E-state index in [0.717, 1.165) is 6.42 Å². The van der Waals surface area contributed by atoms with E-state index in [-0.39, 0.29) is 11.2 Å². The molecule has 0 aromatic carbocycles. The molecule has 1 fully saturated rings. The Labute approximate surface area is 111 Å². The van der Waals surface area contributed by atoms with Gasteiger partial charge in [0, 0.05) is 13.2 Å². The minimum Gasteiger partial charge on any atom is -0.379 e. The zero-order valence-electron chi connectivity index (χ0n) is 11.1. The molecule has 7 nitrogen and oxygen atoms in total. The number of hydrogen-bond acceptors (Lipinski definition) is 6. The summed E-state index contributed by atoms with van der Waals surface area (Å²) in [5, 5.41) is 17.1. The summed E-state index contributed by atoms with van der Waals surface area (Å²) < 4.78 is 5.35. The molecular formula is C12H18N4O3. The quantitative estimate of drug-likeness (QED) is 0.626. The number of anilines is 2. The van der Waals surface area contributed by atoms with E-state index in [1.807, 2.05) is 13.8 Å². The second-order valence-corrected chi connectivity index (χ2v) is 4.87. The Bertz CT molecular complexity index is 472. The number of pyridine rings is 1. The summed E-state index contributed by atoms with van der Waals surface area (Å²) in [7, 11) is 0. The Balaban J connectivity index is 2.25. The van der Waals surface area contributed by atoms with Crippen molar-refractivity contribution in [2.45, 2.75) is 25.8 Å². The van der Waals surface area contributed by atoms with Crippen molar-refractivity contribution in [3.63, 3.8) is 0 Å². The molecule has 0 spiro atoms. The lowest BCUT2D eigenvalue weighted by molar-refractivity contribution is -0.384. The van der Waals surface area contributed by atoms with Crippen molar-refractivity contribution in [2.75, 3.05) is 30.4 Å². The first-order valence-electron chi connectivity index (χ1n) is 6.29. The fourth-order valence-corrected chi connectivity index (χ4v) is 2.03. The average Bonchev–Trinajstić information content (AvgIpc) is 2.75. The second kappa shape index (κ2) is 5.40.